The lowest BCUT2D eigenvalue weighted by molar-refractivity contribution is -0.384. The Kier molecular flexibility index (Phi) is 3.28. The van der Waals surface area contributed by atoms with Gasteiger partial charge in [-0.15, -0.1) is 0 Å². The second-order valence-electron chi connectivity index (χ2n) is 3.90. The molecule has 90 valence electrons. The standard InChI is InChI=1S/C11H11ClN2O3/c12-9-7-8(14(16)17)4-5-10(9)13-6-2-1-3-11(13)15/h4-5,7H,1-3,6H2. The Morgan fingerprint density at radius 2 is 2.12 bits per heavy atom. The summed E-state index contributed by atoms with van der Waals surface area (Å²) in [6.45, 7) is 0.621. The molecule has 0 atom stereocenters. The topological polar surface area (TPSA) is 63.5 Å². The lowest BCUT2D eigenvalue weighted by atomic mass is 10.1. The van der Waals surface area contributed by atoms with Crippen LogP contribution in [0.3, 0.4) is 0 Å². The van der Waals surface area contributed by atoms with Crippen LogP contribution in [-0.2, 0) is 4.79 Å². The van der Waals surface area contributed by atoms with Gasteiger partial charge < -0.3 is 4.90 Å². The molecule has 0 aromatic heterocycles. The number of nitro benzene ring substituents is 1. The van der Waals surface area contributed by atoms with Crippen molar-refractivity contribution in [2.75, 3.05) is 11.4 Å². The molecule has 0 aliphatic carbocycles. The molecule has 0 saturated carbocycles. The van der Waals surface area contributed by atoms with Crippen LogP contribution in [0.25, 0.3) is 0 Å². The number of amides is 1. The zero-order valence-corrected chi connectivity index (χ0v) is 9.81. The first-order chi connectivity index (χ1) is 8.09. The third kappa shape index (κ3) is 2.39. The maximum Gasteiger partial charge on any atom is 0.271 e. The Balaban J connectivity index is 2.32. The molecule has 6 heteroatoms. The first kappa shape index (κ1) is 11.9. The zero-order valence-electron chi connectivity index (χ0n) is 9.06. The van der Waals surface area contributed by atoms with E-state index in [9.17, 15) is 14.9 Å². The quantitative estimate of drug-likeness (QED) is 0.602. The van der Waals surface area contributed by atoms with Gasteiger partial charge in [0.15, 0.2) is 0 Å². The molecule has 1 saturated heterocycles. The van der Waals surface area contributed by atoms with E-state index in [2.05, 4.69) is 0 Å². The molecule has 0 N–H and O–H groups in total. The first-order valence-electron chi connectivity index (χ1n) is 5.34. The molecule has 5 nitrogen and oxygen atoms in total. The minimum absolute atomic E-state index is 0.0204. The Bertz CT molecular complexity index is 476. The average Bonchev–Trinajstić information content (AvgIpc) is 2.30. The van der Waals surface area contributed by atoms with E-state index < -0.39 is 4.92 Å². The maximum absolute atomic E-state index is 11.7. The number of anilines is 1. The van der Waals surface area contributed by atoms with Crippen molar-refractivity contribution in [3.63, 3.8) is 0 Å². The SMILES string of the molecule is O=C1CCCCN1c1ccc([N+](=O)[O-])cc1Cl. The van der Waals surface area contributed by atoms with Crippen molar-refractivity contribution in [2.24, 2.45) is 0 Å². The van der Waals surface area contributed by atoms with Gasteiger partial charge in [-0.1, -0.05) is 11.6 Å². The summed E-state index contributed by atoms with van der Waals surface area (Å²) in [7, 11) is 0. The third-order valence-electron chi connectivity index (χ3n) is 2.76. The molecular formula is C11H11ClN2O3. The summed E-state index contributed by atoms with van der Waals surface area (Å²) in [6, 6.07) is 4.17. The van der Waals surface area contributed by atoms with Gasteiger partial charge in [0.25, 0.3) is 5.69 Å². The number of hydrogen-bond donors (Lipinski definition) is 0. The van der Waals surface area contributed by atoms with Crippen LogP contribution in [0.4, 0.5) is 11.4 Å². The molecule has 1 fully saturated rings. The molecule has 0 radical (unpaired) electrons. The number of piperidine rings is 1. The number of carbonyl (C=O) groups is 1. The fourth-order valence-corrected chi connectivity index (χ4v) is 2.17. The van der Waals surface area contributed by atoms with Crippen LogP contribution < -0.4 is 4.90 Å². The summed E-state index contributed by atoms with van der Waals surface area (Å²) < 4.78 is 0. The van der Waals surface area contributed by atoms with E-state index in [1.165, 1.54) is 18.2 Å². The van der Waals surface area contributed by atoms with E-state index in [0.717, 1.165) is 12.8 Å². The minimum atomic E-state index is -0.506. The lowest BCUT2D eigenvalue weighted by Crippen LogP contribution is -2.35. The third-order valence-corrected chi connectivity index (χ3v) is 3.06. The Morgan fingerprint density at radius 1 is 1.35 bits per heavy atom. The van der Waals surface area contributed by atoms with Crippen molar-refractivity contribution in [3.8, 4) is 0 Å². The average molecular weight is 255 g/mol. The highest BCUT2D eigenvalue weighted by Crippen LogP contribution is 2.31. The highest BCUT2D eigenvalue weighted by atomic mass is 35.5. The molecular weight excluding hydrogens is 244 g/mol. The summed E-state index contributed by atoms with van der Waals surface area (Å²) in [4.78, 5) is 23.4. The fourth-order valence-electron chi connectivity index (χ4n) is 1.89. The van der Waals surface area contributed by atoms with E-state index in [4.69, 9.17) is 11.6 Å². The summed E-state index contributed by atoms with van der Waals surface area (Å²) in [5.74, 6) is 0.0204. The number of rotatable bonds is 2. The Morgan fingerprint density at radius 3 is 2.71 bits per heavy atom. The van der Waals surface area contributed by atoms with E-state index in [0.29, 0.717) is 18.7 Å². The Labute approximate surface area is 103 Å². The highest BCUT2D eigenvalue weighted by molar-refractivity contribution is 6.34. The molecule has 2 rings (SSSR count). The summed E-state index contributed by atoms with van der Waals surface area (Å²) in [5, 5.41) is 10.8. The largest absolute Gasteiger partial charge is 0.311 e. The van der Waals surface area contributed by atoms with Crippen molar-refractivity contribution in [3.05, 3.63) is 33.3 Å². The summed E-state index contributed by atoms with van der Waals surface area (Å²) in [5.41, 5.74) is 0.491. The molecule has 1 heterocycles. The van der Waals surface area contributed by atoms with Crippen molar-refractivity contribution < 1.29 is 9.72 Å². The van der Waals surface area contributed by atoms with E-state index in [1.54, 1.807) is 4.90 Å². The molecule has 1 aliphatic heterocycles. The molecule has 1 aromatic carbocycles. The van der Waals surface area contributed by atoms with Crippen LogP contribution in [0.15, 0.2) is 18.2 Å². The smallest absolute Gasteiger partial charge is 0.271 e. The van der Waals surface area contributed by atoms with Crippen molar-refractivity contribution >= 4 is 28.9 Å². The van der Waals surface area contributed by atoms with Gasteiger partial charge in [-0.2, -0.15) is 0 Å². The summed E-state index contributed by atoms with van der Waals surface area (Å²) in [6.07, 6.45) is 2.33. The number of nitrogens with zero attached hydrogens (tertiary/aromatic N) is 2. The van der Waals surface area contributed by atoms with Gasteiger partial charge >= 0.3 is 0 Å². The monoisotopic (exact) mass is 254 g/mol. The second kappa shape index (κ2) is 4.71. The number of benzene rings is 1. The van der Waals surface area contributed by atoms with Crippen LogP contribution in [0.2, 0.25) is 5.02 Å². The zero-order chi connectivity index (χ0) is 12.4. The number of hydrogen-bond acceptors (Lipinski definition) is 3. The molecule has 0 bridgehead atoms. The molecule has 17 heavy (non-hydrogen) atoms. The van der Waals surface area contributed by atoms with Crippen LogP contribution in [-0.4, -0.2) is 17.4 Å². The molecule has 0 spiro atoms. The van der Waals surface area contributed by atoms with Gasteiger partial charge in [0.05, 0.1) is 15.6 Å². The number of carbonyl (C=O) groups excluding carboxylic acids is 1. The predicted octanol–water partition coefficient (Wildman–Crippen LogP) is 2.77. The van der Waals surface area contributed by atoms with E-state index >= 15 is 0 Å². The number of nitro groups is 1. The van der Waals surface area contributed by atoms with Gasteiger partial charge in [-0.05, 0) is 18.9 Å². The van der Waals surface area contributed by atoms with Crippen LogP contribution in [0, 0.1) is 10.1 Å². The molecule has 1 aliphatic rings. The minimum Gasteiger partial charge on any atom is -0.311 e. The molecule has 1 aromatic rings. The fraction of sp³-hybridized carbons (Fsp3) is 0.364. The van der Waals surface area contributed by atoms with E-state index in [1.807, 2.05) is 0 Å². The van der Waals surface area contributed by atoms with Crippen LogP contribution in [0.1, 0.15) is 19.3 Å². The summed E-state index contributed by atoms with van der Waals surface area (Å²) >= 11 is 5.97. The number of halogens is 1. The normalized spacial score (nSPS) is 16.1. The van der Waals surface area contributed by atoms with Gasteiger partial charge in [0.1, 0.15) is 0 Å². The molecule has 0 unspecified atom stereocenters. The first-order valence-corrected chi connectivity index (χ1v) is 5.71. The van der Waals surface area contributed by atoms with Gasteiger partial charge in [-0.25, -0.2) is 0 Å². The molecule has 1 amide bonds. The van der Waals surface area contributed by atoms with Gasteiger partial charge in [0, 0.05) is 25.1 Å². The number of non-ortho nitro benzene ring substituents is 1. The maximum atomic E-state index is 11.7. The lowest BCUT2D eigenvalue weighted by Gasteiger charge is -2.27. The second-order valence-corrected chi connectivity index (χ2v) is 4.30. The van der Waals surface area contributed by atoms with Crippen LogP contribution in [0.5, 0.6) is 0 Å². The predicted molar refractivity (Wildman–Crippen MR) is 64.3 cm³/mol. The van der Waals surface area contributed by atoms with Crippen LogP contribution >= 0.6 is 11.6 Å². The van der Waals surface area contributed by atoms with Crippen molar-refractivity contribution in [1.29, 1.82) is 0 Å². The van der Waals surface area contributed by atoms with E-state index in [-0.39, 0.29) is 16.6 Å². The van der Waals surface area contributed by atoms with Gasteiger partial charge in [0.2, 0.25) is 5.91 Å². The van der Waals surface area contributed by atoms with Crippen molar-refractivity contribution in [2.45, 2.75) is 19.3 Å². The van der Waals surface area contributed by atoms with Gasteiger partial charge in [-0.3, -0.25) is 14.9 Å². The Hall–Kier alpha value is -1.62. The van der Waals surface area contributed by atoms with Crippen molar-refractivity contribution in [1.82, 2.24) is 0 Å². The highest BCUT2D eigenvalue weighted by Gasteiger charge is 2.22.